The number of hydrogen-bond acceptors (Lipinski definition) is 2. The van der Waals surface area contributed by atoms with Crippen molar-refractivity contribution < 1.29 is 4.74 Å². The number of hydrogen-bond donors (Lipinski definition) is 1. The molecule has 1 N–H and O–H groups in total. The third-order valence-electron chi connectivity index (χ3n) is 4.10. The number of methoxy groups -OCH3 is 1. The smallest absolute Gasteiger partial charge is 0.122 e. The fourth-order valence-corrected chi connectivity index (χ4v) is 3.16. The van der Waals surface area contributed by atoms with Crippen LogP contribution in [-0.4, -0.2) is 20.2 Å². The third kappa shape index (κ3) is 3.05. The number of rotatable bonds is 5. The lowest BCUT2D eigenvalue weighted by Gasteiger charge is -2.33. The molecule has 1 aromatic rings. The molecule has 18 heavy (non-hydrogen) atoms. The summed E-state index contributed by atoms with van der Waals surface area (Å²) in [7, 11) is 1.78. The van der Waals surface area contributed by atoms with Gasteiger partial charge in [0, 0.05) is 0 Å². The van der Waals surface area contributed by atoms with Gasteiger partial charge >= 0.3 is 0 Å². The maximum atomic E-state index is 5.53. The molecule has 0 aliphatic heterocycles. The number of ether oxygens (including phenoxy) is 1. The van der Waals surface area contributed by atoms with Crippen molar-refractivity contribution in [1.29, 1.82) is 0 Å². The molecule has 0 heterocycles. The molecule has 0 saturated heterocycles. The first-order valence-electron chi connectivity index (χ1n) is 7.20. The Morgan fingerprint density at radius 3 is 2.78 bits per heavy atom. The second kappa shape index (κ2) is 6.79. The van der Waals surface area contributed by atoms with E-state index in [1.807, 2.05) is 0 Å². The van der Waals surface area contributed by atoms with E-state index in [1.165, 1.54) is 31.2 Å². The molecule has 2 rings (SSSR count). The summed E-state index contributed by atoms with van der Waals surface area (Å²) in [5.41, 5.74) is 1.41. The quantitative estimate of drug-likeness (QED) is 0.858. The van der Waals surface area contributed by atoms with Crippen molar-refractivity contribution >= 4 is 0 Å². The van der Waals surface area contributed by atoms with Gasteiger partial charge in [0.15, 0.2) is 0 Å². The average molecular weight is 247 g/mol. The Hall–Kier alpha value is -1.02. The highest BCUT2D eigenvalue weighted by molar-refractivity contribution is 5.36. The first kappa shape index (κ1) is 13.4. The van der Waals surface area contributed by atoms with Crippen LogP contribution in [-0.2, 0) is 0 Å². The molecule has 1 saturated carbocycles. The van der Waals surface area contributed by atoms with Crippen molar-refractivity contribution in [2.24, 2.45) is 5.92 Å². The zero-order valence-electron chi connectivity index (χ0n) is 11.6. The van der Waals surface area contributed by atoms with Crippen LogP contribution >= 0.6 is 0 Å². The summed E-state index contributed by atoms with van der Waals surface area (Å²) in [5, 5.41) is 3.51. The fourth-order valence-electron chi connectivity index (χ4n) is 3.16. The Morgan fingerprint density at radius 1 is 1.22 bits per heavy atom. The fraction of sp³-hybridized carbons (Fsp3) is 0.625. The molecule has 2 heteroatoms. The average Bonchev–Trinajstić information content (AvgIpc) is 2.45. The van der Waals surface area contributed by atoms with Gasteiger partial charge in [0.05, 0.1) is 7.11 Å². The van der Waals surface area contributed by atoms with Gasteiger partial charge in [-0.2, -0.15) is 0 Å². The molecule has 2 unspecified atom stereocenters. The van der Waals surface area contributed by atoms with Gasteiger partial charge in [0.1, 0.15) is 5.75 Å². The van der Waals surface area contributed by atoms with Gasteiger partial charge in [0.25, 0.3) is 0 Å². The molecule has 100 valence electrons. The van der Waals surface area contributed by atoms with Crippen LogP contribution in [0.3, 0.4) is 0 Å². The van der Waals surface area contributed by atoms with E-state index in [9.17, 15) is 0 Å². The SMILES string of the molecule is CCNCC1CCCCC1c1ccccc1OC. The molecule has 1 aromatic carbocycles. The highest BCUT2D eigenvalue weighted by atomic mass is 16.5. The maximum absolute atomic E-state index is 5.53. The predicted molar refractivity (Wildman–Crippen MR) is 76.2 cm³/mol. The van der Waals surface area contributed by atoms with E-state index in [1.54, 1.807) is 7.11 Å². The third-order valence-corrected chi connectivity index (χ3v) is 4.10. The van der Waals surface area contributed by atoms with Crippen molar-refractivity contribution in [2.45, 2.75) is 38.5 Å². The zero-order valence-corrected chi connectivity index (χ0v) is 11.6. The van der Waals surface area contributed by atoms with Crippen LogP contribution in [0.5, 0.6) is 5.75 Å². The Bertz CT molecular complexity index is 364. The van der Waals surface area contributed by atoms with Crippen molar-refractivity contribution in [3.05, 3.63) is 29.8 Å². The van der Waals surface area contributed by atoms with Crippen molar-refractivity contribution in [1.82, 2.24) is 5.32 Å². The van der Waals surface area contributed by atoms with E-state index in [-0.39, 0.29) is 0 Å². The van der Waals surface area contributed by atoms with Crippen molar-refractivity contribution in [3.63, 3.8) is 0 Å². The summed E-state index contributed by atoms with van der Waals surface area (Å²) >= 11 is 0. The molecule has 2 nitrogen and oxygen atoms in total. The van der Waals surface area contributed by atoms with Gasteiger partial charge < -0.3 is 10.1 Å². The van der Waals surface area contributed by atoms with E-state index < -0.39 is 0 Å². The Kier molecular flexibility index (Phi) is 5.06. The van der Waals surface area contributed by atoms with Gasteiger partial charge in [-0.1, -0.05) is 38.0 Å². The summed E-state index contributed by atoms with van der Waals surface area (Å²) in [6.07, 6.45) is 5.37. The van der Waals surface area contributed by atoms with Crippen LogP contribution in [0.15, 0.2) is 24.3 Å². The predicted octanol–water partition coefficient (Wildman–Crippen LogP) is 3.58. The van der Waals surface area contributed by atoms with Crippen LogP contribution in [0.25, 0.3) is 0 Å². The molecule has 0 aromatic heterocycles. The normalized spacial score (nSPS) is 23.9. The van der Waals surface area contributed by atoms with Crippen molar-refractivity contribution in [2.75, 3.05) is 20.2 Å². The molecule has 1 aliphatic rings. The van der Waals surface area contributed by atoms with Crippen LogP contribution in [0, 0.1) is 5.92 Å². The monoisotopic (exact) mass is 247 g/mol. The Morgan fingerprint density at radius 2 is 2.00 bits per heavy atom. The summed E-state index contributed by atoms with van der Waals surface area (Å²) in [6, 6.07) is 8.53. The lowest BCUT2D eigenvalue weighted by molar-refractivity contribution is 0.289. The van der Waals surface area contributed by atoms with E-state index in [0.29, 0.717) is 5.92 Å². The summed E-state index contributed by atoms with van der Waals surface area (Å²) in [4.78, 5) is 0. The first-order valence-corrected chi connectivity index (χ1v) is 7.20. The van der Waals surface area contributed by atoms with E-state index >= 15 is 0 Å². The van der Waals surface area contributed by atoms with E-state index in [2.05, 4.69) is 36.5 Å². The topological polar surface area (TPSA) is 21.3 Å². The van der Waals surface area contributed by atoms with Crippen LogP contribution in [0.1, 0.15) is 44.1 Å². The number of benzene rings is 1. The van der Waals surface area contributed by atoms with Crippen LogP contribution in [0.4, 0.5) is 0 Å². The number of nitrogens with one attached hydrogen (secondary N) is 1. The summed E-state index contributed by atoms with van der Waals surface area (Å²) in [6.45, 7) is 4.38. The standard InChI is InChI=1S/C16H25NO/c1-3-17-12-13-8-4-5-9-14(13)15-10-6-7-11-16(15)18-2/h6-7,10-11,13-14,17H,3-5,8-9,12H2,1-2H3. The number of para-hydroxylation sites is 1. The lowest BCUT2D eigenvalue weighted by atomic mass is 9.75. The van der Waals surface area contributed by atoms with Crippen LogP contribution in [0.2, 0.25) is 0 Å². The van der Waals surface area contributed by atoms with Crippen molar-refractivity contribution in [3.8, 4) is 5.75 Å². The summed E-state index contributed by atoms with van der Waals surface area (Å²) in [5.74, 6) is 2.48. The van der Waals surface area contributed by atoms with Gasteiger partial charge in [-0.15, -0.1) is 0 Å². The van der Waals surface area contributed by atoms with E-state index in [0.717, 1.165) is 24.8 Å². The highest BCUT2D eigenvalue weighted by Gasteiger charge is 2.27. The van der Waals surface area contributed by atoms with Gasteiger partial charge in [-0.25, -0.2) is 0 Å². The molecule has 1 aliphatic carbocycles. The maximum Gasteiger partial charge on any atom is 0.122 e. The molecule has 0 spiro atoms. The highest BCUT2D eigenvalue weighted by Crippen LogP contribution is 2.40. The molecular formula is C16H25NO. The molecule has 0 bridgehead atoms. The van der Waals surface area contributed by atoms with Gasteiger partial charge in [0.2, 0.25) is 0 Å². The minimum absolute atomic E-state index is 0.661. The molecule has 1 fully saturated rings. The van der Waals surface area contributed by atoms with E-state index in [4.69, 9.17) is 4.74 Å². The largest absolute Gasteiger partial charge is 0.496 e. The second-order valence-electron chi connectivity index (χ2n) is 5.20. The van der Waals surface area contributed by atoms with Crippen LogP contribution < -0.4 is 10.1 Å². The first-order chi connectivity index (χ1) is 8.86. The minimum atomic E-state index is 0.661. The Labute approximate surface area is 111 Å². The summed E-state index contributed by atoms with van der Waals surface area (Å²) < 4.78 is 5.53. The molecule has 0 amide bonds. The molecular weight excluding hydrogens is 222 g/mol. The zero-order chi connectivity index (χ0) is 12.8. The second-order valence-corrected chi connectivity index (χ2v) is 5.20. The molecule has 2 atom stereocenters. The minimum Gasteiger partial charge on any atom is -0.496 e. The van der Waals surface area contributed by atoms with Gasteiger partial charge in [-0.05, 0) is 49.4 Å². The van der Waals surface area contributed by atoms with Gasteiger partial charge in [-0.3, -0.25) is 0 Å². The molecule has 0 radical (unpaired) electrons. The lowest BCUT2D eigenvalue weighted by Crippen LogP contribution is -2.29. The Balaban J connectivity index is 2.16.